The van der Waals surface area contributed by atoms with Crippen LogP contribution in [0, 0.1) is 12.3 Å². The molecule has 0 unspecified atom stereocenters. The molecule has 0 spiro atoms. The Balaban J connectivity index is 2.99. The van der Waals surface area contributed by atoms with Gasteiger partial charge >= 0.3 is 0 Å². The van der Waals surface area contributed by atoms with Crippen LogP contribution in [0.1, 0.15) is 11.1 Å². The predicted octanol–water partition coefficient (Wildman–Crippen LogP) is 2.04. The van der Waals surface area contributed by atoms with Crippen LogP contribution in [-0.4, -0.2) is 7.05 Å². The van der Waals surface area contributed by atoms with Gasteiger partial charge in [0.15, 0.2) is 0 Å². The zero-order chi connectivity index (χ0) is 8.97. The van der Waals surface area contributed by atoms with E-state index in [1.165, 1.54) is 0 Å². The van der Waals surface area contributed by atoms with Crippen LogP contribution in [0.2, 0.25) is 5.02 Å². The highest BCUT2D eigenvalue weighted by atomic mass is 35.5. The normalized spacial score (nSPS) is 9.42. The molecule has 0 bridgehead atoms. The van der Waals surface area contributed by atoms with E-state index in [2.05, 4.69) is 11.2 Å². The van der Waals surface area contributed by atoms with Crippen molar-refractivity contribution >= 4 is 11.6 Å². The summed E-state index contributed by atoms with van der Waals surface area (Å²) in [6, 6.07) is 5.70. The maximum Gasteiger partial charge on any atom is 0.0562 e. The molecule has 12 heavy (non-hydrogen) atoms. The van der Waals surface area contributed by atoms with Gasteiger partial charge in [-0.3, -0.25) is 0 Å². The van der Waals surface area contributed by atoms with Gasteiger partial charge in [-0.25, -0.2) is 0 Å². The number of hydrogen-bond donors (Lipinski definition) is 1. The van der Waals surface area contributed by atoms with E-state index in [1.54, 1.807) is 0 Å². The summed E-state index contributed by atoms with van der Waals surface area (Å²) >= 11 is 5.83. The molecule has 2 heteroatoms. The monoisotopic (exact) mass is 179 g/mol. The average Bonchev–Trinajstić information content (AvgIpc) is 2.09. The molecule has 1 rings (SSSR count). The Morgan fingerprint density at radius 2 is 2.33 bits per heavy atom. The van der Waals surface area contributed by atoms with E-state index in [4.69, 9.17) is 18.0 Å². The highest BCUT2D eigenvalue weighted by Gasteiger charge is 1.97. The fraction of sp³-hybridized carbons (Fsp3) is 0.200. The van der Waals surface area contributed by atoms with E-state index in [0.29, 0.717) is 5.02 Å². The van der Waals surface area contributed by atoms with Crippen LogP contribution in [0.5, 0.6) is 0 Å². The smallest absolute Gasteiger partial charge is 0.0562 e. The summed E-state index contributed by atoms with van der Waals surface area (Å²) in [6.45, 7) is 0.811. The van der Waals surface area contributed by atoms with Crippen molar-refractivity contribution in [3.63, 3.8) is 0 Å². The van der Waals surface area contributed by atoms with Gasteiger partial charge in [0.2, 0.25) is 0 Å². The number of terminal acetylenes is 1. The Hall–Kier alpha value is -0.970. The molecule has 0 aromatic heterocycles. The molecular weight excluding hydrogens is 170 g/mol. The number of nitrogens with one attached hydrogen (secondary N) is 1. The summed E-state index contributed by atoms with van der Waals surface area (Å²) in [4.78, 5) is 0. The maximum absolute atomic E-state index is 5.83. The number of rotatable bonds is 2. The molecule has 1 aromatic rings. The van der Waals surface area contributed by atoms with Crippen molar-refractivity contribution in [2.75, 3.05) is 7.05 Å². The molecule has 1 nitrogen and oxygen atoms in total. The lowest BCUT2D eigenvalue weighted by Crippen LogP contribution is -2.04. The van der Waals surface area contributed by atoms with Crippen LogP contribution in [0.15, 0.2) is 18.2 Å². The van der Waals surface area contributed by atoms with Crippen LogP contribution >= 0.6 is 11.6 Å². The largest absolute Gasteiger partial charge is 0.316 e. The van der Waals surface area contributed by atoms with Crippen LogP contribution in [0.3, 0.4) is 0 Å². The topological polar surface area (TPSA) is 12.0 Å². The van der Waals surface area contributed by atoms with Crippen molar-refractivity contribution in [1.82, 2.24) is 5.32 Å². The Bertz CT molecular complexity index is 312. The summed E-state index contributed by atoms with van der Waals surface area (Å²) in [5.41, 5.74) is 1.90. The second-order valence-electron chi connectivity index (χ2n) is 2.49. The molecule has 0 amide bonds. The summed E-state index contributed by atoms with van der Waals surface area (Å²) in [5.74, 6) is 2.53. The lowest BCUT2D eigenvalue weighted by molar-refractivity contribution is 0.818. The zero-order valence-corrected chi connectivity index (χ0v) is 7.65. The first-order chi connectivity index (χ1) is 5.77. The molecule has 0 fully saturated rings. The van der Waals surface area contributed by atoms with E-state index < -0.39 is 0 Å². The second-order valence-corrected chi connectivity index (χ2v) is 2.90. The molecule has 0 radical (unpaired) electrons. The Labute approximate surface area is 77.7 Å². The first-order valence-electron chi connectivity index (χ1n) is 3.67. The van der Waals surface area contributed by atoms with Gasteiger partial charge in [0, 0.05) is 12.1 Å². The van der Waals surface area contributed by atoms with Crippen LogP contribution in [0.4, 0.5) is 0 Å². The van der Waals surface area contributed by atoms with Crippen molar-refractivity contribution in [2.45, 2.75) is 6.54 Å². The van der Waals surface area contributed by atoms with Gasteiger partial charge < -0.3 is 5.32 Å². The Kier molecular flexibility index (Phi) is 3.16. The minimum Gasteiger partial charge on any atom is -0.316 e. The van der Waals surface area contributed by atoms with Gasteiger partial charge in [0.05, 0.1) is 5.02 Å². The van der Waals surface area contributed by atoms with Gasteiger partial charge in [0.25, 0.3) is 0 Å². The molecule has 0 aliphatic rings. The fourth-order valence-corrected chi connectivity index (χ4v) is 1.17. The lowest BCUT2D eigenvalue weighted by Gasteiger charge is -2.01. The Morgan fingerprint density at radius 1 is 1.58 bits per heavy atom. The van der Waals surface area contributed by atoms with Gasteiger partial charge in [0.1, 0.15) is 0 Å². The SMILES string of the molecule is C#Cc1cc(CNC)ccc1Cl. The van der Waals surface area contributed by atoms with E-state index in [0.717, 1.165) is 17.7 Å². The highest BCUT2D eigenvalue weighted by Crippen LogP contribution is 2.16. The minimum absolute atomic E-state index is 0.636. The summed E-state index contributed by atoms with van der Waals surface area (Å²) in [7, 11) is 1.89. The van der Waals surface area contributed by atoms with Crippen molar-refractivity contribution in [3.05, 3.63) is 34.3 Å². The number of benzene rings is 1. The molecule has 62 valence electrons. The lowest BCUT2D eigenvalue weighted by atomic mass is 10.1. The summed E-state index contributed by atoms with van der Waals surface area (Å²) in [5, 5.41) is 3.68. The van der Waals surface area contributed by atoms with Crippen molar-refractivity contribution in [2.24, 2.45) is 0 Å². The fourth-order valence-electron chi connectivity index (χ4n) is 0.997. The molecule has 0 saturated carbocycles. The highest BCUT2D eigenvalue weighted by molar-refractivity contribution is 6.31. The summed E-state index contributed by atoms with van der Waals surface area (Å²) in [6.07, 6.45) is 5.26. The molecule has 0 atom stereocenters. The number of hydrogen-bond acceptors (Lipinski definition) is 1. The average molecular weight is 180 g/mol. The molecular formula is C10H10ClN. The first kappa shape index (κ1) is 9.12. The first-order valence-corrected chi connectivity index (χ1v) is 4.05. The van der Waals surface area contributed by atoms with Crippen molar-refractivity contribution in [3.8, 4) is 12.3 Å². The molecule has 1 aromatic carbocycles. The van der Waals surface area contributed by atoms with Gasteiger partial charge in [-0.05, 0) is 24.7 Å². The van der Waals surface area contributed by atoms with Crippen LogP contribution < -0.4 is 5.32 Å². The molecule has 0 aliphatic heterocycles. The minimum atomic E-state index is 0.636. The van der Waals surface area contributed by atoms with Gasteiger partial charge in [-0.2, -0.15) is 0 Å². The summed E-state index contributed by atoms with van der Waals surface area (Å²) < 4.78 is 0. The standard InChI is InChI=1S/C10H10ClN/c1-3-9-6-8(7-12-2)4-5-10(9)11/h1,4-6,12H,7H2,2H3. The van der Waals surface area contributed by atoms with Gasteiger partial charge in [-0.1, -0.05) is 23.6 Å². The Morgan fingerprint density at radius 3 is 2.92 bits per heavy atom. The predicted molar refractivity (Wildman–Crippen MR) is 52.2 cm³/mol. The van der Waals surface area contributed by atoms with E-state index in [9.17, 15) is 0 Å². The third kappa shape index (κ3) is 2.01. The van der Waals surface area contributed by atoms with E-state index in [1.807, 2.05) is 25.2 Å². The van der Waals surface area contributed by atoms with Gasteiger partial charge in [-0.15, -0.1) is 6.42 Å². The van der Waals surface area contributed by atoms with Crippen LogP contribution in [0.25, 0.3) is 0 Å². The van der Waals surface area contributed by atoms with E-state index in [-0.39, 0.29) is 0 Å². The third-order valence-corrected chi connectivity index (χ3v) is 1.90. The van der Waals surface area contributed by atoms with E-state index >= 15 is 0 Å². The molecule has 0 aliphatic carbocycles. The number of halogens is 1. The maximum atomic E-state index is 5.83. The van der Waals surface area contributed by atoms with Crippen molar-refractivity contribution < 1.29 is 0 Å². The molecule has 1 N–H and O–H groups in total. The quantitative estimate of drug-likeness (QED) is 0.686. The van der Waals surface area contributed by atoms with Crippen LogP contribution in [-0.2, 0) is 6.54 Å². The second kappa shape index (κ2) is 4.15. The van der Waals surface area contributed by atoms with Crippen molar-refractivity contribution in [1.29, 1.82) is 0 Å². The zero-order valence-electron chi connectivity index (χ0n) is 6.89. The molecule has 0 saturated heterocycles. The molecule has 0 heterocycles. The third-order valence-electron chi connectivity index (χ3n) is 1.57.